The monoisotopic (exact) mass is 288 g/mol. The number of benzene rings is 1. The van der Waals surface area contributed by atoms with Gasteiger partial charge in [-0.1, -0.05) is 24.3 Å². The van der Waals surface area contributed by atoms with Crippen LogP contribution in [-0.2, 0) is 19.2 Å². The van der Waals surface area contributed by atoms with E-state index in [4.69, 9.17) is 24.9 Å². The smallest absolute Gasteiger partial charge is 0.370 e. The summed E-state index contributed by atoms with van der Waals surface area (Å²) in [6.07, 6.45) is 0. The Bertz CT molecular complexity index is 343. The number of halogens is 1. The molecule has 1 aromatic rings. The Kier molecular flexibility index (Phi) is 6.89. The van der Waals surface area contributed by atoms with Gasteiger partial charge in [-0.3, -0.25) is 0 Å². The van der Waals surface area contributed by atoms with E-state index in [0.717, 1.165) is 10.8 Å². The molecule has 0 heterocycles. The van der Waals surface area contributed by atoms with E-state index >= 15 is 0 Å². The summed E-state index contributed by atoms with van der Waals surface area (Å²) in [5, 5.41) is 0.978. The van der Waals surface area contributed by atoms with Gasteiger partial charge in [0.15, 0.2) is 0 Å². The maximum atomic E-state index is 5.87. The van der Waals surface area contributed by atoms with Gasteiger partial charge >= 0.3 is 8.80 Å². The third-order valence-corrected chi connectivity index (χ3v) is 5.77. The highest BCUT2D eigenvalue weighted by Crippen LogP contribution is 2.13. The van der Waals surface area contributed by atoms with Gasteiger partial charge in [-0.25, -0.2) is 0 Å². The first-order valence-corrected chi connectivity index (χ1v) is 8.55. The van der Waals surface area contributed by atoms with Gasteiger partial charge in [0.25, 0.3) is 0 Å². The summed E-state index contributed by atoms with van der Waals surface area (Å²) in [5.74, 6) is 0.475. The molecule has 18 heavy (non-hydrogen) atoms. The van der Waals surface area contributed by atoms with Crippen LogP contribution in [0.15, 0.2) is 24.3 Å². The van der Waals surface area contributed by atoms with E-state index < -0.39 is 8.80 Å². The molecule has 3 nitrogen and oxygen atoms in total. The molecule has 0 amide bonds. The molecule has 5 heteroatoms. The van der Waals surface area contributed by atoms with Crippen LogP contribution in [0.2, 0.25) is 0 Å². The predicted molar refractivity (Wildman–Crippen MR) is 76.3 cm³/mol. The third kappa shape index (κ3) is 3.80. The Morgan fingerprint density at radius 2 is 1.56 bits per heavy atom. The van der Waals surface area contributed by atoms with Crippen LogP contribution in [0.5, 0.6) is 0 Å². The lowest BCUT2D eigenvalue weighted by Gasteiger charge is -2.28. The second kappa shape index (κ2) is 7.91. The molecule has 0 fully saturated rings. The van der Waals surface area contributed by atoms with E-state index in [1.165, 1.54) is 0 Å². The van der Waals surface area contributed by atoms with Crippen molar-refractivity contribution in [3.63, 3.8) is 0 Å². The largest absolute Gasteiger partial charge is 0.537 e. The number of hydrogen-bond acceptors (Lipinski definition) is 3. The molecule has 0 aromatic heterocycles. The molecule has 0 aliphatic heterocycles. The molecule has 0 unspecified atom stereocenters. The van der Waals surface area contributed by atoms with Crippen molar-refractivity contribution in [3.05, 3.63) is 29.8 Å². The lowest BCUT2D eigenvalue weighted by Crippen LogP contribution is -2.57. The minimum Gasteiger partial charge on any atom is -0.370 e. The molecular weight excluding hydrogens is 268 g/mol. The zero-order valence-corrected chi connectivity index (χ0v) is 13.0. The van der Waals surface area contributed by atoms with Crippen LogP contribution in [0.3, 0.4) is 0 Å². The molecule has 0 saturated heterocycles. The van der Waals surface area contributed by atoms with Crippen LogP contribution in [-0.4, -0.2) is 28.6 Å². The van der Waals surface area contributed by atoms with Crippen LogP contribution in [0.4, 0.5) is 0 Å². The fraction of sp³-hybridized carbons (Fsp3) is 0.538. The fourth-order valence-electron chi connectivity index (χ4n) is 1.79. The summed E-state index contributed by atoms with van der Waals surface area (Å²) in [6.45, 7) is 7.55. The SMILES string of the molecule is CCO[Si](OCC)(OCC)c1cccc(CCl)c1. The standard InChI is InChI=1S/C13H21ClO3Si/c1-4-15-18(16-5-2,17-6-3)13-9-7-8-12(10-13)11-14/h7-10H,4-6,11H2,1-3H3. The van der Waals surface area contributed by atoms with E-state index in [2.05, 4.69) is 0 Å². The average Bonchev–Trinajstić information content (AvgIpc) is 2.39. The molecular formula is C13H21ClO3Si. The maximum Gasteiger partial charge on any atom is 0.537 e. The number of alkyl halides is 1. The highest BCUT2D eigenvalue weighted by molar-refractivity contribution is 6.75. The molecule has 0 N–H and O–H groups in total. The highest BCUT2D eigenvalue weighted by atomic mass is 35.5. The Hall–Kier alpha value is -0.393. The molecule has 0 spiro atoms. The summed E-state index contributed by atoms with van der Waals surface area (Å²) < 4.78 is 17.5. The topological polar surface area (TPSA) is 27.7 Å². The summed E-state index contributed by atoms with van der Waals surface area (Å²) >= 11 is 5.87. The first kappa shape index (κ1) is 15.7. The third-order valence-electron chi connectivity index (χ3n) is 2.44. The normalized spacial score (nSPS) is 11.8. The van der Waals surface area contributed by atoms with Crippen molar-refractivity contribution >= 4 is 25.6 Å². The van der Waals surface area contributed by atoms with Crippen LogP contribution in [0, 0.1) is 0 Å². The van der Waals surface area contributed by atoms with Gasteiger partial charge in [0, 0.05) is 30.9 Å². The first-order valence-electron chi connectivity index (χ1n) is 6.29. The van der Waals surface area contributed by atoms with Crippen molar-refractivity contribution in [3.8, 4) is 0 Å². The molecule has 0 bridgehead atoms. The lowest BCUT2D eigenvalue weighted by atomic mass is 10.2. The van der Waals surface area contributed by atoms with Crippen molar-refractivity contribution in [2.75, 3.05) is 19.8 Å². The highest BCUT2D eigenvalue weighted by Gasteiger charge is 2.43. The second-order valence-electron chi connectivity index (χ2n) is 3.69. The molecule has 1 aromatic carbocycles. The van der Waals surface area contributed by atoms with E-state index in [0.29, 0.717) is 25.7 Å². The first-order chi connectivity index (χ1) is 8.72. The Labute approximate surface area is 115 Å². The maximum absolute atomic E-state index is 5.87. The fourth-order valence-corrected chi connectivity index (χ4v) is 4.51. The van der Waals surface area contributed by atoms with Crippen molar-refractivity contribution < 1.29 is 13.3 Å². The van der Waals surface area contributed by atoms with Gasteiger partial charge in [0.05, 0.1) is 0 Å². The zero-order chi connectivity index (χ0) is 13.4. The van der Waals surface area contributed by atoms with Crippen LogP contribution >= 0.6 is 11.6 Å². The van der Waals surface area contributed by atoms with Gasteiger partial charge in [0.1, 0.15) is 0 Å². The van der Waals surface area contributed by atoms with Crippen LogP contribution in [0.25, 0.3) is 0 Å². The van der Waals surface area contributed by atoms with Gasteiger partial charge in [-0.2, -0.15) is 0 Å². The quantitative estimate of drug-likeness (QED) is 0.544. The Balaban J connectivity index is 3.12. The van der Waals surface area contributed by atoms with Crippen LogP contribution < -0.4 is 5.19 Å². The molecule has 0 radical (unpaired) electrons. The number of rotatable bonds is 8. The Morgan fingerprint density at radius 3 is 2.00 bits per heavy atom. The zero-order valence-electron chi connectivity index (χ0n) is 11.2. The molecule has 0 aliphatic carbocycles. The number of hydrogen-bond donors (Lipinski definition) is 0. The van der Waals surface area contributed by atoms with Gasteiger partial charge < -0.3 is 13.3 Å². The van der Waals surface area contributed by atoms with Crippen molar-refractivity contribution in [1.29, 1.82) is 0 Å². The summed E-state index contributed by atoms with van der Waals surface area (Å²) in [4.78, 5) is 0. The van der Waals surface area contributed by atoms with Crippen molar-refractivity contribution in [2.45, 2.75) is 26.7 Å². The summed E-state index contributed by atoms with van der Waals surface area (Å²) in [5.41, 5.74) is 1.05. The minimum atomic E-state index is -2.78. The molecule has 102 valence electrons. The van der Waals surface area contributed by atoms with Crippen molar-refractivity contribution in [2.24, 2.45) is 0 Å². The summed E-state index contributed by atoms with van der Waals surface area (Å²) in [7, 11) is -2.78. The summed E-state index contributed by atoms with van der Waals surface area (Å²) in [6, 6.07) is 7.95. The second-order valence-corrected chi connectivity index (χ2v) is 6.51. The molecule has 0 saturated carbocycles. The van der Waals surface area contributed by atoms with Gasteiger partial charge in [-0.05, 0) is 26.3 Å². The van der Waals surface area contributed by atoms with Crippen LogP contribution in [0.1, 0.15) is 26.3 Å². The van der Waals surface area contributed by atoms with E-state index in [-0.39, 0.29) is 0 Å². The molecule has 0 aliphatic rings. The Morgan fingerprint density at radius 1 is 1.00 bits per heavy atom. The molecule has 0 atom stereocenters. The lowest BCUT2D eigenvalue weighted by molar-refractivity contribution is 0.0859. The van der Waals surface area contributed by atoms with E-state index in [1.54, 1.807) is 0 Å². The van der Waals surface area contributed by atoms with Gasteiger partial charge in [0.2, 0.25) is 0 Å². The average molecular weight is 289 g/mol. The van der Waals surface area contributed by atoms with Crippen molar-refractivity contribution in [1.82, 2.24) is 0 Å². The minimum absolute atomic E-state index is 0.475. The van der Waals surface area contributed by atoms with Gasteiger partial charge in [-0.15, -0.1) is 11.6 Å². The van der Waals surface area contributed by atoms with E-state index in [1.807, 2.05) is 45.0 Å². The predicted octanol–water partition coefficient (Wildman–Crippen LogP) is 2.68. The molecule has 1 rings (SSSR count). The van der Waals surface area contributed by atoms with E-state index in [9.17, 15) is 0 Å².